The van der Waals surface area contributed by atoms with E-state index in [0.717, 1.165) is 22.2 Å². The summed E-state index contributed by atoms with van der Waals surface area (Å²) in [6.45, 7) is 1.93. The molecule has 2 aromatic carbocycles. The smallest absolute Gasteiger partial charge is 0.337 e. The van der Waals surface area contributed by atoms with Crippen LogP contribution in [0.5, 0.6) is 5.75 Å². The zero-order valence-electron chi connectivity index (χ0n) is 11.6. The lowest BCUT2D eigenvalue weighted by Gasteiger charge is -2.12. The normalized spacial score (nSPS) is 10.9. The monoisotopic (exact) mass is 281 g/mol. The van der Waals surface area contributed by atoms with Gasteiger partial charge in [0.2, 0.25) is 0 Å². The Morgan fingerprint density at radius 3 is 2.52 bits per heavy atom. The van der Waals surface area contributed by atoms with Crippen molar-refractivity contribution < 1.29 is 15.0 Å². The molecular formula is C17H15NO3. The third-order valence-electron chi connectivity index (χ3n) is 3.69. The summed E-state index contributed by atoms with van der Waals surface area (Å²) in [7, 11) is 0. The van der Waals surface area contributed by atoms with Gasteiger partial charge in [0.15, 0.2) is 0 Å². The number of nitrogens with zero attached hydrogens (tertiary/aromatic N) is 1. The molecule has 0 saturated heterocycles. The Labute approximate surface area is 121 Å². The largest absolute Gasteiger partial charge is 0.507 e. The van der Waals surface area contributed by atoms with Gasteiger partial charge in [0.25, 0.3) is 0 Å². The highest BCUT2D eigenvalue weighted by molar-refractivity contribution is 5.95. The summed E-state index contributed by atoms with van der Waals surface area (Å²) in [5.41, 5.74) is 1.93. The summed E-state index contributed by atoms with van der Waals surface area (Å²) < 4.78 is 1.88. The van der Waals surface area contributed by atoms with Crippen molar-refractivity contribution in [3.63, 3.8) is 0 Å². The van der Waals surface area contributed by atoms with Crippen molar-refractivity contribution in [1.29, 1.82) is 0 Å². The van der Waals surface area contributed by atoms with Crippen molar-refractivity contribution in [3.8, 4) is 11.4 Å². The lowest BCUT2D eigenvalue weighted by Crippen LogP contribution is -2.04. The first-order valence-electron chi connectivity index (χ1n) is 6.78. The average molecular weight is 281 g/mol. The fraction of sp³-hybridized carbons (Fsp3) is 0.118. The van der Waals surface area contributed by atoms with E-state index in [2.05, 4.69) is 0 Å². The van der Waals surface area contributed by atoms with Crippen LogP contribution in [0.25, 0.3) is 16.5 Å². The highest BCUT2D eigenvalue weighted by atomic mass is 16.4. The van der Waals surface area contributed by atoms with E-state index < -0.39 is 5.97 Å². The number of aromatic carboxylic acids is 1. The zero-order chi connectivity index (χ0) is 15.0. The number of hydrogen-bond donors (Lipinski definition) is 2. The van der Waals surface area contributed by atoms with Crippen molar-refractivity contribution in [1.82, 2.24) is 4.57 Å². The van der Waals surface area contributed by atoms with Crippen LogP contribution in [0.2, 0.25) is 0 Å². The summed E-state index contributed by atoms with van der Waals surface area (Å²) >= 11 is 0. The Morgan fingerprint density at radius 2 is 1.81 bits per heavy atom. The molecule has 4 heteroatoms. The average Bonchev–Trinajstić information content (AvgIpc) is 2.91. The highest BCUT2D eigenvalue weighted by Gasteiger charge is 2.16. The summed E-state index contributed by atoms with van der Waals surface area (Å²) in [5.74, 6) is -0.702. The van der Waals surface area contributed by atoms with Gasteiger partial charge in [-0.05, 0) is 24.6 Å². The molecule has 0 atom stereocenters. The number of carbonyl (C=O) groups is 1. The molecule has 0 fully saturated rings. The molecule has 4 nitrogen and oxygen atoms in total. The summed E-state index contributed by atoms with van der Waals surface area (Å²) in [6, 6.07) is 12.6. The van der Waals surface area contributed by atoms with E-state index in [1.54, 1.807) is 24.4 Å². The number of carboxylic acids is 1. The fourth-order valence-corrected chi connectivity index (χ4v) is 2.73. The minimum atomic E-state index is -0.923. The van der Waals surface area contributed by atoms with Crippen molar-refractivity contribution in [2.45, 2.75) is 13.3 Å². The van der Waals surface area contributed by atoms with Gasteiger partial charge in [-0.2, -0.15) is 0 Å². The van der Waals surface area contributed by atoms with Gasteiger partial charge in [0.1, 0.15) is 5.75 Å². The molecule has 3 aromatic rings. The molecule has 0 aliphatic carbocycles. The van der Waals surface area contributed by atoms with Crippen LogP contribution in [0.15, 0.2) is 48.7 Å². The van der Waals surface area contributed by atoms with Crippen LogP contribution in [0.3, 0.4) is 0 Å². The molecular weight excluding hydrogens is 266 g/mol. The van der Waals surface area contributed by atoms with E-state index in [1.807, 2.05) is 35.8 Å². The van der Waals surface area contributed by atoms with Gasteiger partial charge >= 0.3 is 5.97 Å². The lowest BCUT2D eigenvalue weighted by molar-refractivity contribution is 0.0696. The Bertz CT molecular complexity index is 833. The molecule has 0 aliphatic heterocycles. The summed E-state index contributed by atoms with van der Waals surface area (Å²) in [5, 5.41) is 20.9. The predicted octanol–water partition coefficient (Wildman–Crippen LogP) is 3.60. The van der Waals surface area contributed by atoms with Gasteiger partial charge in [-0.25, -0.2) is 4.79 Å². The Morgan fingerprint density at radius 1 is 1.10 bits per heavy atom. The van der Waals surface area contributed by atoms with E-state index in [9.17, 15) is 15.0 Å². The first-order valence-corrected chi connectivity index (χ1v) is 6.78. The van der Waals surface area contributed by atoms with Crippen LogP contribution in [0.1, 0.15) is 23.0 Å². The van der Waals surface area contributed by atoms with Gasteiger partial charge in [-0.1, -0.05) is 31.2 Å². The number of rotatable bonds is 3. The Kier molecular flexibility index (Phi) is 3.14. The molecule has 1 heterocycles. The molecule has 0 radical (unpaired) electrons. The summed E-state index contributed by atoms with van der Waals surface area (Å²) in [4.78, 5) is 11.3. The second-order valence-electron chi connectivity index (χ2n) is 4.85. The minimum Gasteiger partial charge on any atom is -0.507 e. The lowest BCUT2D eigenvalue weighted by atomic mass is 10.1. The van der Waals surface area contributed by atoms with Crippen molar-refractivity contribution in [3.05, 3.63) is 59.9 Å². The molecule has 3 rings (SSSR count). The van der Waals surface area contributed by atoms with Gasteiger partial charge in [0, 0.05) is 22.7 Å². The van der Waals surface area contributed by atoms with Gasteiger partial charge in [-0.15, -0.1) is 0 Å². The minimum absolute atomic E-state index is 0.220. The first-order chi connectivity index (χ1) is 10.1. The number of carboxylic acid groups (broad SMARTS) is 1. The standard InChI is InChI=1S/C17H15NO3/c1-2-14-13(17(20)21)9-10-18(14)15-7-3-6-12-11(15)5-4-8-16(12)19/h3-10,19H,2H2,1H3,(H,20,21). The van der Waals surface area contributed by atoms with Crippen LogP contribution in [-0.4, -0.2) is 20.7 Å². The van der Waals surface area contributed by atoms with E-state index in [4.69, 9.17) is 0 Å². The van der Waals surface area contributed by atoms with E-state index >= 15 is 0 Å². The number of phenols is 1. The SMILES string of the molecule is CCc1c(C(=O)O)ccn1-c1cccc2c(O)cccc12. The second-order valence-corrected chi connectivity index (χ2v) is 4.85. The molecule has 106 valence electrons. The first kappa shape index (κ1) is 13.2. The molecule has 0 saturated carbocycles. The molecule has 21 heavy (non-hydrogen) atoms. The topological polar surface area (TPSA) is 62.5 Å². The third-order valence-corrected chi connectivity index (χ3v) is 3.69. The van der Waals surface area contributed by atoms with E-state index in [-0.39, 0.29) is 5.75 Å². The van der Waals surface area contributed by atoms with E-state index in [1.165, 1.54) is 0 Å². The van der Waals surface area contributed by atoms with Crippen molar-refractivity contribution in [2.75, 3.05) is 0 Å². The number of aromatic hydroxyl groups is 1. The van der Waals surface area contributed by atoms with Crippen LogP contribution in [-0.2, 0) is 6.42 Å². The number of benzene rings is 2. The number of hydrogen-bond acceptors (Lipinski definition) is 2. The van der Waals surface area contributed by atoms with Crippen LogP contribution < -0.4 is 0 Å². The van der Waals surface area contributed by atoms with Crippen LogP contribution in [0, 0.1) is 0 Å². The fourth-order valence-electron chi connectivity index (χ4n) is 2.73. The van der Waals surface area contributed by atoms with Gasteiger partial charge in [-0.3, -0.25) is 0 Å². The zero-order valence-corrected chi connectivity index (χ0v) is 11.6. The Balaban J connectivity index is 2.31. The van der Waals surface area contributed by atoms with Crippen LogP contribution >= 0.6 is 0 Å². The summed E-state index contributed by atoms with van der Waals surface area (Å²) in [6.07, 6.45) is 2.38. The van der Waals surface area contributed by atoms with Crippen molar-refractivity contribution in [2.24, 2.45) is 0 Å². The second kappa shape index (κ2) is 4.98. The quantitative estimate of drug-likeness (QED) is 0.771. The third kappa shape index (κ3) is 2.05. The highest BCUT2D eigenvalue weighted by Crippen LogP contribution is 2.30. The molecule has 0 amide bonds. The maximum atomic E-state index is 11.3. The number of aromatic nitrogens is 1. The molecule has 1 aromatic heterocycles. The number of phenolic OH excluding ortho intramolecular Hbond substituents is 1. The molecule has 0 aliphatic rings. The predicted molar refractivity (Wildman–Crippen MR) is 81.3 cm³/mol. The van der Waals surface area contributed by atoms with Crippen molar-refractivity contribution >= 4 is 16.7 Å². The Hall–Kier alpha value is -2.75. The molecule has 0 bridgehead atoms. The van der Waals surface area contributed by atoms with E-state index in [0.29, 0.717) is 12.0 Å². The van der Waals surface area contributed by atoms with Crippen LogP contribution in [0.4, 0.5) is 0 Å². The van der Waals surface area contributed by atoms with Gasteiger partial charge < -0.3 is 14.8 Å². The molecule has 0 spiro atoms. The number of fused-ring (bicyclic) bond motifs is 1. The molecule has 2 N–H and O–H groups in total. The maximum absolute atomic E-state index is 11.3. The molecule has 0 unspecified atom stereocenters. The van der Waals surface area contributed by atoms with Gasteiger partial charge in [0.05, 0.1) is 11.3 Å². The maximum Gasteiger partial charge on any atom is 0.337 e.